The maximum atomic E-state index is 5.55. The molecule has 5 aromatic rings. The number of rotatable bonds is 7. The first-order valence-corrected chi connectivity index (χ1v) is 11.0. The number of hydrogen-bond donors (Lipinski definition) is 3. The number of nitrogens with one attached hydrogen (secondary N) is 1. The van der Waals surface area contributed by atoms with Crippen molar-refractivity contribution in [3.8, 4) is 11.5 Å². The number of aryl methyl sites for hydroxylation is 1. The number of tetrazole rings is 3. The maximum Gasteiger partial charge on any atom is 0.260 e. The average Bonchev–Trinajstić information content (AvgIpc) is 3.69. The molecular weight excluding hydrogens is 480 g/mol. The molecule has 0 fully saturated rings. The first kappa shape index (κ1) is 26.5. The summed E-state index contributed by atoms with van der Waals surface area (Å²) in [5.41, 5.74) is 12.7. The topological polar surface area (TPSA) is 212 Å². The zero-order valence-corrected chi connectivity index (χ0v) is 20.6. The van der Waals surface area contributed by atoms with Crippen LogP contribution in [-0.2, 0) is 19.5 Å². The lowest BCUT2D eigenvalue weighted by Gasteiger charge is -2.04. The maximum absolute atomic E-state index is 5.55. The Kier molecular flexibility index (Phi) is 9.77. The first-order chi connectivity index (χ1) is 18.0. The van der Waals surface area contributed by atoms with Gasteiger partial charge < -0.3 is 20.9 Å². The average molecular weight is 509 g/mol. The van der Waals surface area contributed by atoms with E-state index in [1.54, 1.807) is 14.2 Å². The van der Waals surface area contributed by atoms with Gasteiger partial charge in [-0.15, -0.1) is 10.2 Å². The second-order valence-electron chi connectivity index (χ2n) is 7.27. The normalized spacial score (nSPS) is 10.0. The number of aromatic nitrogens is 12. The molecule has 5 rings (SSSR count). The molecule has 194 valence electrons. The Morgan fingerprint density at radius 3 is 1.70 bits per heavy atom. The molecule has 0 aliphatic heterocycles. The molecular formula is C21H28N14O2. The van der Waals surface area contributed by atoms with Gasteiger partial charge in [-0.2, -0.15) is 5.21 Å². The predicted molar refractivity (Wildman–Crippen MR) is 132 cm³/mol. The second kappa shape index (κ2) is 13.7. The molecule has 16 nitrogen and oxygen atoms in total. The minimum Gasteiger partial charge on any atom is -0.497 e. The molecule has 0 bridgehead atoms. The Bertz CT molecular complexity index is 1300. The van der Waals surface area contributed by atoms with E-state index in [4.69, 9.17) is 20.9 Å². The molecule has 0 unspecified atom stereocenters. The summed E-state index contributed by atoms with van der Waals surface area (Å²) < 4.78 is 13.5. The van der Waals surface area contributed by atoms with Gasteiger partial charge in [0, 0.05) is 6.42 Å². The standard InChI is InChI=1S/C11H14N4O.C9H11N5O.CH3N5/c1-3-11-12-13-14-15(11)8-9-4-6-10(16-2)7-5-9;1-15-8-4-2-7(3-5-8)6-14-9(10)11-12-13-14;2-1-3-5-6-4-1/h4-7H,3,8H2,1-2H3;2-5H,6H2,1H3,(H2,10,11,13);(H3,2,3,4,5,6). The quantitative estimate of drug-likeness (QED) is 0.272. The molecule has 0 aliphatic rings. The van der Waals surface area contributed by atoms with Crippen LogP contribution in [0, 0.1) is 0 Å². The Morgan fingerprint density at radius 1 is 0.757 bits per heavy atom. The summed E-state index contributed by atoms with van der Waals surface area (Å²) in [7, 11) is 3.29. The molecule has 3 aromatic heterocycles. The highest BCUT2D eigenvalue weighted by molar-refractivity contribution is 5.28. The van der Waals surface area contributed by atoms with Crippen molar-refractivity contribution in [2.24, 2.45) is 0 Å². The van der Waals surface area contributed by atoms with Crippen LogP contribution in [0.5, 0.6) is 11.5 Å². The van der Waals surface area contributed by atoms with Crippen LogP contribution in [0.1, 0.15) is 23.9 Å². The van der Waals surface area contributed by atoms with Crippen molar-refractivity contribution in [1.82, 2.24) is 61.0 Å². The Hall–Kier alpha value is -5.15. The van der Waals surface area contributed by atoms with Gasteiger partial charge in [0.25, 0.3) is 5.95 Å². The Morgan fingerprint density at radius 2 is 1.30 bits per heavy atom. The fourth-order valence-corrected chi connectivity index (χ4v) is 2.90. The molecule has 0 aliphatic carbocycles. The highest BCUT2D eigenvalue weighted by Gasteiger charge is 2.04. The van der Waals surface area contributed by atoms with Gasteiger partial charge in [-0.25, -0.2) is 9.36 Å². The van der Waals surface area contributed by atoms with E-state index in [1.165, 1.54) is 4.68 Å². The number of benzene rings is 2. The van der Waals surface area contributed by atoms with Crippen LogP contribution in [0.4, 0.5) is 11.9 Å². The van der Waals surface area contributed by atoms with Gasteiger partial charge in [0.2, 0.25) is 5.95 Å². The smallest absolute Gasteiger partial charge is 0.260 e. The Labute approximate surface area is 212 Å². The number of anilines is 2. The summed E-state index contributed by atoms with van der Waals surface area (Å²) in [6.45, 7) is 3.29. The van der Waals surface area contributed by atoms with Crippen molar-refractivity contribution in [2.75, 3.05) is 25.7 Å². The van der Waals surface area contributed by atoms with Gasteiger partial charge in [0.05, 0.1) is 27.3 Å². The molecule has 5 N–H and O–H groups in total. The number of hydrogen-bond acceptors (Lipinski definition) is 13. The molecule has 2 aromatic carbocycles. The predicted octanol–water partition coefficient (Wildman–Crippen LogP) is 0.387. The fourth-order valence-electron chi connectivity index (χ4n) is 2.90. The minimum atomic E-state index is 0.176. The lowest BCUT2D eigenvalue weighted by Crippen LogP contribution is -2.06. The van der Waals surface area contributed by atoms with Gasteiger partial charge in [-0.3, -0.25) is 0 Å². The zero-order chi connectivity index (χ0) is 26.5. The Balaban J connectivity index is 0.000000169. The van der Waals surface area contributed by atoms with Crippen molar-refractivity contribution in [2.45, 2.75) is 26.4 Å². The number of methoxy groups -OCH3 is 2. The van der Waals surface area contributed by atoms with Crippen LogP contribution in [0.25, 0.3) is 0 Å². The van der Waals surface area contributed by atoms with Crippen LogP contribution < -0.4 is 20.9 Å². The van der Waals surface area contributed by atoms with Crippen LogP contribution in [0.2, 0.25) is 0 Å². The van der Waals surface area contributed by atoms with Gasteiger partial charge in [0.15, 0.2) is 5.82 Å². The van der Waals surface area contributed by atoms with Crippen LogP contribution >= 0.6 is 0 Å². The molecule has 0 amide bonds. The molecule has 0 atom stereocenters. The lowest BCUT2D eigenvalue weighted by molar-refractivity contribution is 0.414. The molecule has 0 saturated heterocycles. The van der Waals surface area contributed by atoms with Crippen molar-refractivity contribution in [1.29, 1.82) is 0 Å². The zero-order valence-electron chi connectivity index (χ0n) is 20.6. The van der Waals surface area contributed by atoms with Crippen LogP contribution in [0.15, 0.2) is 48.5 Å². The van der Waals surface area contributed by atoms with E-state index in [-0.39, 0.29) is 5.95 Å². The van der Waals surface area contributed by atoms with Crippen molar-refractivity contribution in [3.63, 3.8) is 0 Å². The summed E-state index contributed by atoms with van der Waals surface area (Å²) in [4.78, 5) is 0. The largest absolute Gasteiger partial charge is 0.497 e. The van der Waals surface area contributed by atoms with Gasteiger partial charge in [-0.1, -0.05) is 41.4 Å². The molecule has 0 radical (unpaired) electrons. The number of ether oxygens (including phenoxy) is 2. The van der Waals surface area contributed by atoms with E-state index in [2.05, 4.69) is 51.7 Å². The van der Waals surface area contributed by atoms with Gasteiger partial charge in [-0.05, 0) is 61.5 Å². The van der Waals surface area contributed by atoms with E-state index in [9.17, 15) is 0 Å². The summed E-state index contributed by atoms with van der Waals surface area (Å²) in [6.07, 6.45) is 0.836. The highest BCUT2D eigenvalue weighted by Crippen LogP contribution is 2.13. The monoisotopic (exact) mass is 508 g/mol. The number of nitrogens with zero attached hydrogens (tertiary/aromatic N) is 11. The lowest BCUT2D eigenvalue weighted by atomic mass is 10.2. The molecule has 0 saturated carbocycles. The van der Waals surface area contributed by atoms with Crippen molar-refractivity contribution >= 4 is 11.9 Å². The van der Waals surface area contributed by atoms with Crippen molar-refractivity contribution in [3.05, 3.63) is 65.5 Å². The first-order valence-electron chi connectivity index (χ1n) is 11.0. The van der Waals surface area contributed by atoms with E-state index in [1.807, 2.05) is 60.1 Å². The summed E-state index contributed by atoms with van der Waals surface area (Å²) in [6, 6.07) is 15.6. The van der Waals surface area contributed by atoms with E-state index < -0.39 is 0 Å². The summed E-state index contributed by atoms with van der Waals surface area (Å²) in [5.74, 6) is 3.07. The van der Waals surface area contributed by atoms with Crippen LogP contribution in [-0.4, -0.2) is 75.3 Å². The fraction of sp³-hybridized carbons (Fsp3) is 0.286. The summed E-state index contributed by atoms with van der Waals surface area (Å²) >= 11 is 0. The van der Waals surface area contributed by atoms with Crippen LogP contribution in [0.3, 0.4) is 0 Å². The molecule has 0 spiro atoms. The van der Waals surface area contributed by atoms with E-state index in [0.29, 0.717) is 19.0 Å². The third-order valence-corrected chi connectivity index (χ3v) is 4.83. The van der Waals surface area contributed by atoms with Crippen molar-refractivity contribution < 1.29 is 9.47 Å². The summed E-state index contributed by atoms with van der Waals surface area (Å²) in [5, 5.41) is 34.4. The number of aromatic amines is 1. The van der Waals surface area contributed by atoms with E-state index in [0.717, 1.165) is 34.9 Å². The highest BCUT2D eigenvalue weighted by atomic mass is 16.5. The number of nitrogen functional groups attached to an aromatic ring is 2. The molecule has 37 heavy (non-hydrogen) atoms. The molecule has 3 heterocycles. The SMILES string of the molecule is CCc1nnnn1Cc1ccc(OC)cc1.COc1ccc(Cn2nnnc2N)cc1.Nc1nn[nH]n1. The number of H-pyrrole nitrogens is 1. The third-order valence-electron chi connectivity index (χ3n) is 4.83. The minimum absolute atomic E-state index is 0.176. The second-order valence-corrected chi connectivity index (χ2v) is 7.27. The number of nitrogens with two attached hydrogens (primary N) is 2. The third kappa shape index (κ3) is 8.23. The van der Waals surface area contributed by atoms with Gasteiger partial charge >= 0.3 is 0 Å². The van der Waals surface area contributed by atoms with Gasteiger partial charge in [0.1, 0.15) is 11.5 Å². The molecule has 16 heteroatoms. The van der Waals surface area contributed by atoms with E-state index >= 15 is 0 Å².